The average Bonchev–Trinajstić information content (AvgIpc) is 3.68. The fourth-order valence-electron chi connectivity index (χ4n) is 7.57. The summed E-state index contributed by atoms with van der Waals surface area (Å²) in [6.07, 6.45) is 3.37. The molecule has 1 unspecified atom stereocenters. The van der Waals surface area contributed by atoms with Gasteiger partial charge in [-0.05, 0) is 0 Å². The molecule has 0 aromatic heterocycles. The monoisotopic (exact) mass is 712 g/mol. The van der Waals surface area contributed by atoms with Crippen molar-refractivity contribution in [1.82, 2.24) is 0 Å². The Balaban J connectivity index is 1.37. The van der Waals surface area contributed by atoms with Gasteiger partial charge in [-0.15, -0.1) is 0 Å². The molecule has 6 aromatic rings. The van der Waals surface area contributed by atoms with E-state index in [0.29, 0.717) is 0 Å². The van der Waals surface area contributed by atoms with Gasteiger partial charge in [-0.2, -0.15) is 0 Å². The van der Waals surface area contributed by atoms with E-state index in [9.17, 15) is 0 Å². The van der Waals surface area contributed by atoms with Crippen molar-refractivity contribution in [3.8, 4) is 33.4 Å². The topological polar surface area (TPSA) is 0 Å². The molecule has 0 bridgehead atoms. The molecule has 0 spiro atoms. The van der Waals surface area contributed by atoms with E-state index < -0.39 is 27.4 Å². The van der Waals surface area contributed by atoms with Gasteiger partial charge in [0, 0.05) is 0 Å². The van der Waals surface area contributed by atoms with E-state index in [4.69, 9.17) is 17.0 Å². The number of hydrogen-bond donors (Lipinski definition) is 0. The van der Waals surface area contributed by atoms with Crippen LogP contribution in [-0.2, 0) is 24.3 Å². The number of aryl methyl sites for hydroxylation is 1. The second kappa shape index (κ2) is 11.8. The van der Waals surface area contributed by atoms with E-state index in [1.165, 1.54) is 74.9 Å². The second-order valence-corrected chi connectivity index (χ2v) is 27.9. The van der Waals surface area contributed by atoms with Crippen molar-refractivity contribution < 1.29 is 17.9 Å². The molecule has 218 valence electrons. The molecule has 8 rings (SSSR count). The Labute approximate surface area is 279 Å². The molecule has 1 aliphatic heterocycles. The van der Waals surface area contributed by atoms with Crippen LogP contribution in [0.15, 0.2) is 140 Å². The maximum atomic E-state index is 8.02. The number of hydrogen-bond acceptors (Lipinski definition) is 0. The van der Waals surface area contributed by atoms with E-state index in [1.807, 2.05) is 0 Å². The second-order valence-electron chi connectivity index (χ2n) is 12.1. The van der Waals surface area contributed by atoms with E-state index in [2.05, 4.69) is 153 Å². The molecule has 1 heterocycles. The summed E-state index contributed by atoms with van der Waals surface area (Å²) in [4.78, 5) is 0. The Morgan fingerprint density at radius 2 is 1.22 bits per heavy atom. The van der Waals surface area contributed by atoms with Crippen molar-refractivity contribution in [3.63, 3.8) is 0 Å². The molecule has 1 aliphatic carbocycles. The molecule has 0 radical (unpaired) electrons. The van der Waals surface area contributed by atoms with Gasteiger partial charge >= 0.3 is 282 Å². The summed E-state index contributed by atoms with van der Waals surface area (Å²) in [6.45, 7) is 2.26. The summed E-state index contributed by atoms with van der Waals surface area (Å²) in [5.41, 5.74) is 14.1. The molecule has 4 heteroatoms. The summed E-state index contributed by atoms with van der Waals surface area (Å²) < 4.78 is 1.23. The molecule has 2 aliphatic rings. The first-order chi connectivity index (χ1) is 22.1. The summed E-state index contributed by atoms with van der Waals surface area (Å²) in [5.74, 6) is 0. The molecule has 0 N–H and O–H groups in total. The third-order valence-corrected chi connectivity index (χ3v) is 23.8. The molecule has 6 aromatic carbocycles. The van der Waals surface area contributed by atoms with Gasteiger partial charge in [0.2, 0.25) is 0 Å². The normalized spacial score (nSPS) is 15.4. The van der Waals surface area contributed by atoms with E-state index in [-0.39, 0.29) is 3.63 Å². The quantitative estimate of drug-likeness (QED) is 0.151. The molecule has 0 nitrogen and oxygen atoms in total. The van der Waals surface area contributed by atoms with Gasteiger partial charge in [-0.25, -0.2) is 0 Å². The van der Waals surface area contributed by atoms with Crippen LogP contribution < -0.4 is 13.6 Å². The number of allylic oxidation sites excluding steroid dienone is 1. The molecule has 45 heavy (non-hydrogen) atoms. The molecule has 0 saturated carbocycles. The van der Waals surface area contributed by atoms with E-state index >= 15 is 0 Å². The molecular weight excluding hydrogens is 683 g/mol. The zero-order chi connectivity index (χ0) is 30.5. The zero-order valence-corrected chi connectivity index (χ0v) is 30.5. The number of rotatable bonds is 6. The van der Waals surface area contributed by atoms with Gasteiger partial charge in [-0.1, -0.05) is 0 Å². The summed E-state index contributed by atoms with van der Waals surface area (Å²) >= 11 is -4.18. The van der Waals surface area contributed by atoms with E-state index in [1.54, 1.807) is 0 Å². The Kier molecular flexibility index (Phi) is 7.67. The van der Waals surface area contributed by atoms with Gasteiger partial charge in [0.15, 0.2) is 0 Å². The van der Waals surface area contributed by atoms with E-state index in [0.717, 1.165) is 6.42 Å². The van der Waals surface area contributed by atoms with Crippen LogP contribution >= 0.6 is 17.0 Å². The molecule has 0 amide bonds. The van der Waals surface area contributed by atoms with Crippen molar-refractivity contribution in [2.24, 2.45) is 0 Å². The number of halogens is 2. The van der Waals surface area contributed by atoms with Gasteiger partial charge in [0.25, 0.3) is 0 Å². The van der Waals surface area contributed by atoms with Crippen molar-refractivity contribution in [2.45, 2.75) is 17.0 Å². The third-order valence-electron chi connectivity index (χ3n) is 9.63. The first-order valence-electron chi connectivity index (χ1n) is 15.7. The van der Waals surface area contributed by atoms with Gasteiger partial charge in [0.1, 0.15) is 0 Å². The Bertz CT molecular complexity index is 2100. The fraction of sp³-hybridized carbons (Fsp3) is 0.0732. The van der Waals surface area contributed by atoms with Crippen LogP contribution in [0.1, 0.15) is 32.8 Å². The summed E-state index contributed by atoms with van der Waals surface area (Å²) in [7, 11) is 15.4. The summed E-state index contributed by atoms with van der Waals surface area (Å²) in [6, 6.07) is 50.6. The molecule has 0 fully saturated rings. The van der Waals surface area contributed by atoms with Crippen LogP contribution in [0.2, 0.25) is 0 Å². The Morgan fingerprint density at radius 3 is 1.96 bits per heavy atom. The average molecular weight is 715 g/mol. The number of fused-ring (bicyclic) bond motifs is 4. The van der Waals surface area contributed by atoms with Crippen LogP contribution in [-0.4, -0.2) is 9.52 Å². The van der Waals surface area contributed by atoms with Gasteiger partial charge in [-0.3, -0.25) is 0 Å². The minimum atomic E-state index is -4.18. The van der Waals surface area contributed by atoms with Crippen LogP contribution in [0.4, 0.5) is 0 Å². The van der Waals surface area contributed by atoms with Crippen molar-refractivity contribution >= 4 is 51.8 Å². The van der Waals surface area contributed by atoms with Crippen molar-refractivity contribution in [2.75, 3.05) is 0 Å². The molecule has 1 atom stereocenters. The van der Waals surface area contributed by atoms with Crippen LogP contribution in [0.25, 0.3) is 45.0 Å². The first kappa shape index (κ1) is 29.2. The number of benzene rings is 6. The van der Waals surface area contributed by atoms with Crippen LogP contribution in [0.3, 0.4) is 0 Å². The standard InChI is InChI=1S/C29H23.C12H9Si.2ClH.Zr/c1-2-21-17-18-24-19-25(22-11-5-3-6-12-22)20-28(24)29(21)27-16-10-9-15-26(27)23-13-7-4-8-14-23;1-3-7-11-9(5-1)10-6-2-4-8-12(10)13-11;;;/h3-20H,2H2,1H3;1-7H,13H2;2*1H;/q;;;;+2/p-2. The van der Waals surface area contributed by atoms with Crippen molar-refractivity contribution in [1.29, 1.82) is 0 Å². The van der Waals surface area contributed by atoms with Crippen LogP contribution in [0, 0.1) is 0 Å². The SMILES string of the molecule is CCc1ccc2c(c1-c1ccccc1-c1ccccc1)C=C(c1ccccc1)[CH]2[Zr]([Cl])([Cl])[c]1cccc2c1[SiH2]c1ccccc1-2. The maximum absolute atomic E-state index is 8.02. The Hall–Kier alpha value is -3.26. The predicted molar refractivity (Wildman–Crippen MR) is 195 cm³/mol. The summed E-state index contributed by atoms with van der Waals surface area (Å²) in [5, 5.41) is 2.95. The van der Waals surface area contributed by atoms with Gasteiger partial charge in [0.05, 0.1) is 0 Å². The zero-order valence-electron chi connectivity index (χ0n) is 25.1. The third kappa shape index (κ3) is 4.90. The Morgan fingerprint density at radius 1 is 0.600 bits per heavy atom. The molecule has 0 saturated heterocycles. The van der Waals surface area contributed by atoms with Crippen LogP contribution in [0.5, 0.6) is 0 Å². The predicted octanol–water partition coefficient (Wildman–Crippen LogP) is 9.07. The van der Waals surface area contributed by atoms with Gasteiger partial charge < -0.3 is 0 Å². The fourth-order valence-corrected chi connectivity index (χ4v) is 24.0. The minimum absolute atomic E-state index is 0.0298. The first-order valence-corrected chi connectivity index (χ1v) is 26.1. The molecular formula is C41H32Cl2SiZr. The van der Waals surface area contributed by atoms with Crippen molar-refractivity contribution in [3.05, 3.63) is 162 Å².